The zero-order valence-corrected chi connectivity index (χ0v) is 14.6. The number of nitrogens with zero attached hydrogens (tertiary/aromatic N) is 2. The third-order valence-electron chi connectivity index (χ3n) is 4.55. The number of aryl methyl sites for hydroxylation is 2. The Balaban J connectivity index is 1.91. The zero-order chi connectivity index (χ0) is 18.1. The van der Waals surface area contributed by atoms with E-state index in [9.17, 15) is 4.39 Å². The van der Waals surface area contributed by atoms with Crippen LogP contribution in [0.15, 0.2) is 66.7 Å². The van der Waals surface area contributed by atoms with E-state index < -0.39 is 0 Å². The van der Waals surface area contributed by atoms with Gasteiger partial charge in [0, 0.05) is 22.0 Å². The first kappa shape index (κ1) is 16.2. The Morgan fingerprint density at radius 2 is 1.42 bits per heavy atom. The highest BCUT2D eigenvalue weighted by atomic mass is 19.1. The maximum absolute atomic E-state index is 13.3. The van der Waals surface area contributed by atoms with Gasteiger partial charge in [-0.25, -0.2) is 4.39 Å². The number of benzene rings is 3. The fourth-order valence-corrected chi connectivity index (χ4v) is 2.99. The summed E-state index contributed by atoms with van der Waals surface area (Å²) in [6, 6.07) is 20.5. The summed E-state index contributed by atoms with van der Waals surface area (Å²) in [6.07, 6.45) is 0. The summed E-state index contributed by atoms with van der Waals surface area (Å²) in [5.41, 5.74) is 4.92. The van der Waals surface area contributed by atoms with Crippen molar-refractivity contribution in [3.8, 4) is 11.3 Å². The van der Waals surface area contributed by atoms with E-state index in [-0.39, 0.29) is 5.82 Å². The normalized spacial score (nSPS) is 10.9. The van der Waals surface area contributed by atoms with Crippen molar-refractivity contribution in [3.63, 3.8) is 0 Å². The largest absolute Gasteiger partial charge is 0.338 e. The van der Waals surface area contributed by atoms with Gasteiger partial charge < -0.3 is 5.32 Å². The molecule has 3 aromatic carbocycles. The molecule has 0 saturated heterocycles. The Bertz CT molecular complexity index is 1070. The van der Waals surface area contributed by atoms with Gasteiger partial charge in [0.25, 0.3) is 0 Å². The monoisotopic (exact) mass is 343 g/mol. The van der Waals surface area contributed by atoms with Crippen LogP contribution < -0.4 is 5.32 Å². The minimum atomic E-state index is -0.264. The lowest BCUT2D eigenvalue weighted by molar-refractivity contribution is 0.628. The SMILES string of the molecule is Cc1cc2c(Nc3ccccc3)nnc(-c3ccc(F)cc3)c2cc1C. The maximum atomic E-state index is 13.3. The van der Waals surface area contributed by atoms with Crippen molar-refractivity contribution < 1.29 is 4.39 Å². The second kappa shape index (κ2) is 6.56. The Morgan fingerprint density at radius 1 is 0.769 bits per heavy atom. The van der Waals surface area contributed by atoms with Crippen molar-refractivity contribution in [2.24, 2.45) is 0 Å². The van der Waals surface area contributed by atoms with Crippen molar-refractivity contribution in [2.45, 2.75) is 13.8 Å². The lowest BCUT2D eigenvalue weighted by atomic mass is 9.99. The van der Waals surface area contributed by atoms with E-state index in [0.29, 0.717) is 5.82 Å². The third kappa shape index (κ3) is 3.02. The molecular formula is C22H18FN3. The van der Waals surface area contributed by atoms with Crippen LogP contribution in [0.1, 0.15) is 11.1 Å². The number of para-hydroxylation sites is 1. The molecule has 4 aromatic rings. The lowest BCUT2D eigenvalue weighted by Gasteiger charge is -2.13. The molecule has 0 aliphatic heterocycles. The van der Waals surface area contributed by atoms with E-state index in [1.165, 1.54) is 23.3 Å². The van der Waals surface area contributed by atoms with Crippen LogP contribution in [0.3, 0.4) is 0 Å². The van der Waals surface area contributed by atoms with E-state index in [2.05, 4.69) is 41.5 Å². The number of fused-ring (bicyclic) bond motifs is 1. The molecule has 0 atom stereocenters. The highest BCUT2D eigenvalue weighted by Crippen LogP contribution is 2.33. The number of anilines is 2. The highest BCUT2D eigenvalue weighted by molar-refractivity contribution is 6.01. The molecule has 1 heterocycles. The fraction of sp³-hybridized carbons (Fsp3) is 0.0909. The van der Waals surface area contributed by atoms with Gasteiger partial charge in [0.1, 0.15) is 11.5 Å². The molecule has 4 rings (SSSR count). The molecule has 26 heavy (non-hydrogen) atoms. The lowest BCUT2D eigenvalue weighted by Crippen LogP contribution is -2.00. The Labute approximate surface area is 151 Å². The van der Waals surface area contributed by atoms with Crippen LogP contribution in [0.4, 0.5) is 15.9 Å². The van der Waals surface area contributed by atoms with E-state index in [1.807, 2.05) is 30.3 Å². The predicted octanol–water partition coefficient (Wildman–Crippen LogP) is 5.80. The summed E-state index contributed by atoms with van der Waals surface area (Å²) < 4.78 is 13.3. The average molecular weight is 343 g/mol. The predicted molar refractivity (Wildman–Crippen MR) is 104 cm³/mol. The average Bonchev–Trinajstić information content (AvgIpc) is 2.65. The molecule has 1 N–H and O–H groups in total. The van der Waals surface area contributed by atoms with Crippen LogP contribution in [0.25, 0.3) is 22.0 Å². The van der Waals surface area contributed by atoms with Gasteiger partial charge in [-0.05, 0) is 73.5 Å². The molecule has 0 bridgehead atoms. The maximum Gasteiger partial charge on any atom is 0.161 e. The molecule has 4 heteroatoms. The van der Waals surface area contributed by atoms with Crippen LogP contribution in [0, 0.1) is 19.7 Å². The molecule has 0 spiro atoms. The molecule has 0 amide bonds. The summed E-state index contributed by atoms with van der Waals surface area (Å²) in [5.74, 6) is 0.445. The molecule has 0 saturated carbocycles. The van der Waals surface area contributed by atoms with Crippen molar-refractivity contribution >= 4 is 22.3 Å². The van der Waals surface area contributed by atoms with E-state index in [4.69, 9.17) is 0 Å². The molecule has 3 nitrogen and oxygen atoms in total. The molecule has 128 valence electrons. The first-order chi connectivity index (χ1) is 12.6. The van der Waals surface area contributed by atoms with Crippen LogP contribution in [0.5, 0.6) is 0 Å². The third-order valence-corrected chi connectivity index (χ3v) is 4.55. The van der Waals surface area contributed by atoms with Crippen molar-refractivity contribution in [3.05, 3.63) is 83.7 Å². The minimum Gasteiger partial charge on any atom is -0.338 e. The Hall–Kier alpha value is -3.27. The van der Waals surface area contributed by atoms with Crippen molar-refractivity contribution in [2.75, 3.05) is 5.32 Å². The molecule has 0 fully saturated rings. The standard InChI is InChI=1S/C22H18FN3/c1-14-12-19-20(13-15(14)2)22(24-18-6-4-3-5-7-18)26-25-21(19)16-8-10-17(23)11-9-16/h3-13H,1-2H3,(H,24,26). The molecule has 0 radical (unpaired) electrons. The summed E-state index contributed by atoms with van der Waals surface area (Å²) in [6.45, 7) is 4.16. The van der Waals surface area contributed by atoms with Gasteiger partial charge in [-0.3, -0.25) is 0 Å². The van der Waals surface area contributed by atoms with Crippen molar-refractivity contribution in [1.29, 1.82) is 0 Å². The van der Waals surface area contributed by atoms with Crippen LogP contribution in [-0.2, 0) is 0 Å². The van der Waals surface area contributed by atoms with Gasteiger partial charge in [-0.1, -0.05) is 18.2 Å². The number of rotatable bonds is 3. The number of hydrogen-bond donors (Lipinski definition) is 1. The Kier molecular flexibility index (Phi) is 4.09. The molecule has 0 unspecified atom stereocenters. The number of nitrogens with one attached hydrogen (secondary N) is 1. The van der Waals surface area contributed by atoms with E-state index in [1.54, 1.807) is 12.1 Å². The van der Waals surface area contributed by atoms with Gasteiger partial charge in [-0.15, -0.1) is 10.2 Å². The smallest absolute Gasteiger partial charge is 0.161 e. The Morgan fingerprint density at radius 3 is 2.12 bits per heavy atom. The topological polar surface area (TPSA) is 37.8 Å². The summed E-state index contributed by atoms with van der Waals surface area (Å²) in [4.78, 5) is 0. The second-order valence-electron chi connectivity index (χ2n) is 6.38. The zero-order valence-electron chi connectivity index (χ0n) is 14.6. The van der Waals surface area contributed by atoms with E-state index in [0.717, 1.165) is 27.7 Å². The fourth-order valence-electron chi connectivity index (χ4n) is 2.99. The molecule has 0 aliphatic carbocycles. The highest BCUT2D eigenvalue weighted by Gasteiger charge is 2.13. The minimum absolute atomic E-state index is 0.264. The second-order valence-corrected chi connectivity index (χ2v) is 6.38. The quantitative estimate of drug-likeness (QED) is 0.511. The molecule has 1 aromatic heterocycles. The number of halogens is 1. The number of hydrogen-bond acceptors (Lipinski definition) is 3. The van der Waals surface area contributed by atoms with Gasteiger partial charge in [-0.2, -0.15) is 0 Å². The van der Waals surface area contributed by atoms with Crippen LogP contribution >= 0.6 is 0 Å². The van der Waals surface area contributed by atoms with Gasteiger partial charge in [0.15, 0.2) is 5.82 Å². The summed E-state index contributed by atoms with van der Waals surface area (Å²) in [7, 11) is 0. The summed E-state index contributed by atoms with van der Waals surface area (Å²) >= 11 is 0. The van der Waals surface area contributed by atoms with Gasteiger partial charge >= 0.3 is 0 Å². The first-order valence-electron chi connectivity index (χ1n) is 8.47. The van der Waals surface area contributed by atoms with Crippen LogP contribution in [0.2, 0.25) is 0 Å². The first-order valence-corrected chi connectivity index (χ1v) is 8.47. The van der Waals surface area contributed by atoms with Crippen molar-refractivity contribution in [1.82, 2.24) is 10.2 Å². The van der Waals surface area contributed by atoms with Gasteiger partial charge in [0.2, 0.25) is 0 Å². The molecule has 0 aliphatic rings. The van der Waals surface area contributed by atoms with E-state index >= 15 is 0 Å². The van der Waals surface area contributed by atoms with Gasteiger partial charge in [0.05, 0.1) is 0 Å². The molecular weight excluding hydrogens is 325 g/mol. The van der Waals surface area contributed by atoms with Crippen LogP contribution in [-0.4, -0.2) is 10.2 Å². The number of aromatic nitrogens is 2. The summed E-state index contributed by atoms with van der Waals surface area (Å²) in [5, 5.41) is 14.2.